The third-order valence-electron chi connectivity index (χ3n) is 25.5. The number of fused-ring (bicyclic) bond motifs is 8. The summed E-state index contributed by atoms with van der Waals surface area (Å²) in [4.78, 5) is 10.1. The molecule has 0 unspecified atom stereocenters. The van der Waals surface area contributed by atoms with E-state index in [2.05, 4.69) is 401 Å². The quantitative estimate of drug-likeness (QED) is 0.112. The van der Waals surface area contributed by atoms with Crippen LogP contribution in [0.3, 0.4) is 0 Å². The van der Waals surface area contributed by atoms with Crippen LogP contribution in [0.1, 0.15) is 165 Å². The Morgan fingerprint density at radius 1 is 0.339 bits per heavy atom. The Labute approximate surface area is 652 Å². The van der Waals surface area contributed by atoms with Crippen LogP contribution in [-0.2, 0) is 34.6 Å². The number of benzene rings is 8. The molecule has 4 aromatic heterocycles. The van der Waals surface area contributed by atoms with Gasteiger partial charge >= 0.3 is 27.4 Å². The second-order valence-corrected chi connectivity index (χ2v) is 32.5. The summed E-state index contributed by atoms with van der Waals surface area (Å²) in [6.45, 7) is 40.0. The minimum absolute atomic E-state index is 0.303. The third-order valence-corrected chi connectivity index (χ3v) is 25.5. The van der Waals surface area contributed by atoms with Crippen LogP contribution in [0, 0.1) is 12.8 Å². The summed E-state index contributed by atoms with van der Waals surface area (Å²) in [5, 5.41) is 5.46. The molecule has 0 N–H and O–H groups in total. The summed E-state index contributed by atoms with van der Waals surface area (Å²) in [6.07, 6.45) is 6.46. The van der Waals surface area contributed by atoms with Gasteiger partial charge in [0.1, 0.15) is 22.1 Å². The fraction of sp³-hybridized carbons (Fsp3) is 0.299. The Morgan fingerprint density at radius 2 is 0.633 bits per heavy atom. The minimum Gasteiger partial charge on any atom is -0.290 e. The topological polar surface area (TPSA) is 28.5 Å². The normalized spacial score (nSPS) is 15.1. The first kappa shape index (κ1) is 75.6. The van der Waals surface area contributed by atoms with E-state index in [9.17, 15) is 0 Å². The van der Waals surface area contributed by atoms with Crippen molar-refractivity contribution in [3.05, 3.63) is 286 Å². The molecular formula is C97H112B4N8+4. The number of pyridine rings is 4. The highest BCUT2D eigenvalue weighted by molar-refractivity contribution is 6.79. The zero-order chi connectivity index (χ0) is 77.1. The Kier molecular flexibility index (Phi) is 21.5. The molecule has 0 saturated heterocycles. The Bertz CT molecular complexity index is 5680. The molecule has 109 heavy (non-hydrogen) atoms. The maximum Gasteiger partial charge on any atom is 0.409 e. The molecule has 0 bridgehead atoms. The first-order valence-electron chi connectivity index (χ1n) is 40.3. The molecule has 1 aliphatic carbocycles. The van der Waals surface area contributed by atoms with Crippen molar-refractivity contribution < 1.29 is 18.3 Å². The van der Waals surface area contributed by atoms with Gasteiger partial charge in [-0.1, -0.05) is 210 Å². The van der Waals surface area contributed by atoms with E-state index in [1.807, 2.05) is 0 Å². The van der Waals surface area contributed by atoms with Crippen LogP contribution in [-0.4, -0.2) is 27.4 Å². The van der Waals surface area contributed by atoms with Gasteiger partial charge in [0.05, 0.1) is 51.0 Å². The molecule has 8 nitrogen and oxygen atoms in total. The van der Waals surface area contributed by atoms with Crippen LogP contribution < -0.4 is 59.4 Å². The molecule has 0 amide bonds. The highest BCUT2D eigenvalue weighted by atomic mass is 15.2. The van der Waals surface area contributed by atoms with Gasteiger partial charge in [-0.05, 0) is 240 Å². The lowest BCUT2D eigenvalue weighted by atomic mass is 9.52. The highest BCUT2D eigenvalue weighted by Crippen LogP contribution is 2.42. The van der Waals surface area contributed by atoms with Crippen LogP contribution in [0.5, 0.6) is 0 Å². The molecule has 5 aliphatic rings. The van der Waals surface area contributed by atoms with E-state index in [1.54, 1.807) is 5.56 Å². The zero-order valence-electron chi connectivity index (χ0n) is 68.9. The summed E-state index contributed by atoms with van der Waals surface area (Å²) < 4.78 is 9.43. The molecule has 1 saturated carbocycles. The van der Waals surface area contributed by atoms with Crippen LogP contribution in [0.2, 0.25) is 27.3 Å². The smallest absolute Gasteiger partial charge is 0.290 e. The van der Waals surface area contributed by atoms with Gasteiger partial charge in [-0.15, -0.1) is 0 Å². The Balaban J connectivity index is 0.000000122. The van der Waals surface area contributed by atoms with E-state index in [0.29, 0.717) is 45.1 Å². The van der Waals surface area contributed by atoms with Crippen LogP contribution in [0.15, 0.2) is 241 Å². The average Bonchev–Trinajstić information content (AvgIpc) is 0.942. The van der Waals surface area contributed by atoms with Gasteiger partial charge in [-0.25, -0.2) is 18.3 Å². The van der Waals surface area contributed by atoms with Gasteiger partial charge in [-0.3, -0.25) is 19.2 Å². The van der Waals surface area contributed by atoms with Gasteiger partial charge in [0.25, 0.3) is 23.3 Å². The van der Waals surface area contributed by atoms with Crippen LogP contribution in [0.4, 0.5) is 23.3 Å². The van der Waals surface area contributed by atoms with Crippen molar-refractivity contribution in [1.29, 1.82) is 0 Å². The van der Waals surface area contributed by atoms with Crippen molar-refractivity contribution in [3.63, 3.8) is 0 Å². The van der Waals surface area contributed by atoms with Gasteiger partial charge in [0.15, 0.2) is 0 Å². The van der Waals surface area contributed by atoms with E-state index in [4.69, 9.17) is 0 Å². The standard InChI is InChI=1S/C26H30BN2.C25H30BN2.C24H28BN2.C22H24BN2/c1-18-19(2)29(27(3)24-15-9-7-13-21(18)24)26-17-23(20-11-5-6-12-20)22-14-8-10-16-25(22)28(26)4;1-17(2)15-20-16-25(27(6)24-14-10-8-12-22(20)24)28-19(4)18(3)21-11-7-9-13-23(21)26(28)5;1-16(2)21-15-24(26(6)23-14-10-8-12-20(21)23)27-18(4)17(3)19-11-7-9-13-22(19)25(27)5;1-15-14-22(24(5)21-13-9-7-10-18(15)21)25-17(3)16(2)19-11-6-8-12-20(19)23(25)4/h7-10,13-17,20H,5-6,11-12H2,1-4H3;7-14,16-17H,15H2,1-6H3;7-16H,1-6H3;6-14H,1-5H3/q4*+1. The van der Waals surface area contributed by atoms with E-state index < -0.39 is 0 Å². The van der Waals surface area contributed by atoms with Gasteiger partial charge in [0.2, 0.25) is 0 Å². The van der Waals surface area contributed by atoms with Crippen LogP contribution >= 0.6 is 0 Å². The minimum atomic E-state index is 0.303. The Hall–Kier alpha value is -10.2. The van der Waals surface area contributed by atoms with E-state index in [-0.39, 0.29) is 0 Å². The molecule has 17 rings (SSSR count). The summed E-state index contributed by atoms with van der Waals surface area (Å²) >= 11 is 0. The molecule has 4 aliphatic heterocycles. The predicted molar refractivity (Wildman–Crippen MR) is 473 cm³/mol. The largest absolute Gasteiger partial charge is 0.409 e. The lowest BCUT2D eigenvalue weighted by Crippen LogP contribution is -2.53. The first-order chi connectivity index (χ1) is 52.4. The molecule has 12 aromatic rings. The molecule has 548 valence electrons. The summed E-state index contributed by atoms with van der Waals surface area (Å²) in [7, 11) is 8.79. The maximum absolute atomic E-state index is 2.56. The number of anilines is 4. The fourth-order valence-electron chi connectivity index (χ4n) is 19.1. The van der Waals surface area contributed by atoms with Crippen molar-refractivity contribution in [2.45, 2.75) is 161 Å². The van der Waals surface area contributed by atoms with Crippen molar-refractivity contribution in [2.75, 3.05) is 19.2 Å². The number of allylic oxidation sites excluding steroid dienone is 8. The van der Waals surface area contributed by atoms with Gasteiger partial charge in [0, 0.05) is 45.8 Å². The molecule has 8 aromatic carbocycles. The van der Waals surface area contributed by atoms with Gasteiger partial charge < -0.3 is 0 Å². The number of aryl methyl sites for hydroxylation is 5. The Morgan fingerprint density at radius 3 is 1.02 bits per heavy atom. The van der Waals surface area contributed by atoms with Crippen molar-refractivity contribution >= 4 is 138 Å². The zero-order valence-corrected chi connectivity index (χ0v) is 68.9. The molecule has 0 atom stereocenters. The number of rotatable bonds is 8. The van der Waals surface area contributed by atoms with E-state index >= 15 is 0 Å². The van der Waals surface area contributed by atoms with Crippen LogP contribution in [0.25, 0.3) is 65.9 Å². The number of aromatic nitrogens is 4. The first-order valence-corrected chi connectivity index (χ1v) is 40.3. The lowest BCUT2D eigenvalue weighted by Gasteiger charge is -2.32. The maximum atomic E-state index is 2.56. The highest BCUT2D eigenvalue weighted by Gasteiger charge is 2.44. The molecule has 0 spiro atoms. The second kappa shape index (κ2) is 31.1. The monoisotopic (exact) mass is 1430 g/mol. The number of hydrogen-bond donors (Lipinski definition) is 0. The third kappa shape index (κ3) is 13.6. The summed E-state index contributed by atoms with van der Waals surface area (Å²) in [6, 6.07) is 80.2. The second-order valence-electron chi connectivity index (χ2n) is 32.5. The lowest BCUT2D eigenvalue weighted by molar-refractivity contribution is -0.631. The number of hydrogen-bond acceptors (Lipinski definition) is 4. The van der Waals surface area contributed by atoms with E-state index in [0.717, 1.165) is 6.42 Å². The molecule has 0 radical (unpaired) electrons. The van der Waals surface area contributed by atoms with E-state index in [1.165, 1.54) is 198 Å². The fourth-order valence-corrected chi connectivity index (χ4v) is 19.1. The predicted octanol–water partition coefficient (Wildman–Crippen LogP) is 19.3. The summed E-state index contributed by atoms with van der Waals surface area (Å²) in [5.74, 6) is 6.89. The average molecular weight is 1430 g/mol. The summed E-state index contributed by atoms with van der Waals surface area (Å²) in [5.41, 5.74) is 32.9. The molecular weight excluding hydrogens is 1320 g/mol. The van der Waals surface area contributed by atoms with Crippen molar-refractivity contribution in [1.82, 2.24) is 0 Å². The molecule has 12 heteroatoms. The molecule has 8 heterocycles. The SMILES string of the molecule is CB1c2ccccc2C(C)=C(C)N1c1cc(C(C)C)c2ccccc2[n+]1C.CB1c2ccccc2C(C)=C(C)N1c1cc(C)c2ccccc2[n+]1C.CB1c2ccccc2C(C)=C(C)N1c1cc(C2CCCC2)c2ccccc2[n+]1C.CB1c2ccccc2C(C)=C(C)N1c1cc(CC(C)C)c2ccccc2[n+]1C. The number of nitrogens with zero attached hydrogens (tertiary/aromatic N) is 8. The van der Waals surface area contributed by atoms with Crippen molar-refractivity contribution in [2.24, 2.45) is 34.1 Å². The van der Waals surface area contributed by atoms with Gasteiger partial charge in [-0.2, -0.15) is 0 Å². The molecule has 1 fully saturated rings. The van der Waals surface area contributed by atoms with Crippen molar-refractivity contribution in [3.8, 4) is 0 Å². The number of para-hydroxylation sites is 4.